The molecule has 8 heteroatoms. The minimum Gasteiger partial charge on any atom is -0.464 e. The third-order valence-corrected chi connectivity index (χ3v) is 3.02. The highest BCUT2D eigenvalue weighted by molar-refractivity contribution is 7.15. The standard InChI is InChI=1S/C9H11NO6S/c1-2-16-9(13)8(12)7(11)5-3-4-6(17-5)10(14)15/h3-4,7-8,11-12H,2H2,1H3/t7-,8+/m0/s1. The average Bonchev–Trinajstić information content (AvgIpc) is 2.76. The number of nitro groups is 1. The number of thiophene rings is 1. The van der Waals surface area contributed by atoms with Gasteiger partial charge in [0, 0.05) is 10.9 Å². The van der Waals surface area contributed by atoms with Crippen LogP contribution in [0.2, 0.25) is 0 Å². The largest absolute Gasteiger partial charge is 0.464 e. The molecule has 1 heterocycles. The quantitative estimate of drug-likeness (QED) is 0.456. The molecule has 1 aromatic heterocycles. The monoisotopic (exact) mass is 261 g/mol. The van der Waals surface area contributed by atoms with Gasteiger partial charge in [-0.25, -0.2) is 4.79 Å². The molecule has 0 aromatic carbocycles. The maximum absolute atomic E-state index is 11.1. The Bertz CT molecular complexity index is 417. The number of aliphatic hydroxyl groups is 2. The first-order valence-electron chi connectivity index (χ1n) is 4.74. The Kier molecular flexibility index (Phi) is 4.55. The highest BCUT2D eigenvalue weighted by Gasteiger charge is 2.29. The van der Waals surface area contributed by atoms with E-state index < -0.39 is 23.1 Å². The van der Waals surface area contributed by atoms with Crippen LogP contribution in [0.15, 0.2) is 12.1 Å². The smallest absolute Gasteiger partial charge is 0.338 e. The predicted molar refractivity (Wildman–Crippen MR) is 58.6 cm³/mol. The van der Waals surface area contributed by atoms with Crippen molar-refractivity contribution in [3.05, 3.63) is 27.1 Å². The van der Waals surface area contributed by atoms with E-state index in [1.807, 2.05) is 0 Å². The molecule has 0 fully saturated rings. The lowest BCUT2D eigenvalue weighted by Gasteiger charge is -2.14. The van der Waals surface area contributed by atoms with E-state index in [4.69, 9.17) is 0 Å². The van der Waals surface area contributed by atoms with E-state index in [2.05, 4.69) is 4.74 Å². The number of hydrogen-bond acceptors (Lipinski definition) is 7. The normalized spacial score (nSPS) is 14.1. The van der Waals surface area contributed by atoms with Crippen molar-refractivity contribution in [3.63, 3.8) is 0 Å². The first-order chi connectivity index (χ1) is 7.97. The molecule has 0 aliphatic rings. The van der Waals surface area contributed by atoms with Crippen molar-refractivity contribution in [2.24, 2.45) is 0 Å². The Labute approximate surface area is 100 Å². The molecule has 0 aliphatic carbocycles. The average molecular weight is 261 g/mol. The van der Waals surface area contributed by atoms with E-state index in [-0.39, 0.29) is 16.5 Å². The zero-order valence-electron chi connectivity index (χ0n) is 8.90. The maximum atomic E-state index is 11.1. The maximum Gasteiger partial charge on any atom is 0.338 e. The third kappa shape index (κ3) is 3.22. The molecular weight excluding hydrogens is 250 g/mol. The van der Waals surface area contributed by atoms with E-state index >= 15 is 0 Å². The van der Waals surface area contributed by atoms with Crippen molar-refractivity contribution in [2.45, 2.75) is 19.1 Å². The number of carbonyl (C=O) groups excluding carboxylic acids is 1. The highest BCUT2D eigenvalue weighted by Crippen LogP contribution is 2.30. The summed E-state index contributed by atoms with van der Waals surface area (Å²) in [4.78, 5) is 21.1. The van der Waals surface area contributed by atoms with Gasteiger partial charge in [0.05, 0.1) is 11.5 Å². The summed E-state index contributed by atoms with van der Waals surface area (Å²) >= 11 is 0.696. The van der Waals surface area contributed by atoms with Crippen LogP contribution in [-0.2, 0) is 9.53 Å². The van der Waals surface area contributed by atoms with E-state index in [1.54, 1.807) is 6.92 Å². The van der Waals surface area contributed by atoms with Crippen molar-refractivity contribution in [1.29, 1.82) is 0 Å². The van der Waals surface area contributed by atoms with Gasteiger partial charge in [0.25, 0.3) is 0 Å². The second-order valence-corrected chi connectivity index (χ2v) is 4.17. The molecule has 0 radical (unpaired) electrons. The van der Waals surface area contributed by atoms with Gasteiger partial charge in [-0.15, -0.1) is 0 Å². The summed E-state index contributed by atoms with van der Waals surface area (Å²) < 4.78 is 4.52. The molecule has 94 valence electrons. The fourth-order valence-electron chi connectivity index (χ4n) is 1.11. The minimum absolute atomic E-state index is 0.0766. The summed E-state index contributed by atoms with van der Waals surface area (Å²) in [5, 5.41) is 29.3. The van der Waals surface area contributed by atoms with Gasteiger partial charge in [-0.05, 0) is 13.0 Å². The number of rotatable bonds is 5. The van der Waals surface area contributed by atoms with Crippen LogP contribution < -0.4 is 0 Å². The Morgan fingerprint density at radius 2 is 2.24 bits per heavy atom. The molecule has 1 rings (SSSR count). The van der Waals surface area contributed by atoms with Crippen LogP contribution >= 0.6 is 11.3 Å². The lowest BCUT2D eigenvalue weighted by atomic mass is 10.2. The van der Waals surface area contributed by atoms with Gasteiger partial charge in [0.2, 0.25) is 0 Å². The van der Waals surface area contributed by atoms with Gasteiger partial charge in [0.1, 0.15) is 6.10 Å². The van der Waals surface area contributed by atoms with Crippen LogP contribution in [0, 0.1) is 10.1 Å². The Balaban J connectivity index is 2.77. The molecule has 1 aromatic rings. The van der Waals surface area contributed by atoms with Crippen LogP contribution in [0.5, 0.6) is 0 Å². The molecular formula is C9H11NO6S. The van der Waals surface area contributed by atoms with Crippen LogP contribution in [-0.4, -0.2) is 33.8 Å². The fourth-order valence-corrected chi connectivity index (χ4v) is 1.95. The van der Waals surface area contributed by atoms with Crippen molar-refractivity contribution in [3.8, 4) is 0 Å². The third-order valence-electron chi connectivity index (χ3n) is 1.91. The van der Waals surface area contributed by atoms with E-state index in [9.17, 15) is 25.1 Å². The summed E-state index contributed by atoms with van der Waals surface area (Å²) in [7, 11) is 0. The van der Waals surface area contributed by atoms with E-state index in [1.165, 1.54) is 12.1 Å². The van der Waals surface area contributed by atoms with Gasteiger partial charge >= 0.3 is 11.0 Å². The minimum atomic E-state index is -1.74. The molecule has 7 nitrogen and oxygen atoms in total. The molecule has 0 saturated carbocycles. The Hall–Kier alpha value is -1.51. The molecule has 2 N–H and O–H groups in total. The van der Waals surface area contributed by atoms with Crippen molar-refractivity contribution < 1.29 is 24.7 Å². The first-order valence-corrected chi connectivity index (χ1v) is 5.56. The number of esters is 1. The summed E-state index contributed by atoms with van der Waals surface area (Å²) in [6, 6.07) is 2.48. The Morgan fingerprint density at radius 3 is 2.71 bits per heavy atom. The molecule has 0 bridgehead atoms. The number of nitrogens with zero attached hydrogens (tertiary/aromatic N) is 1. The summed E-state index contributed by atoms with van der Waals surface area (Å²) in [6.07, 6.45) is -3.26. The second-order valence-electron chi connectivity index (χ2n) is 3.07. The topological polar surface area (TPSA) is 110 Å². The predicted octanol–water partition coefficient (Wildman–Crippen LogP) is 0.614. The van der Waals surface area contributed by atoms with Gasteiger partial charge in [-0.3, -0.25) is 10.1 Å². The van der Waals surface area contributed by atoms with Crippen LogP contribution in [0.3, 0.4) is 0 Å². The number of ether oxygens (including phenoxy) is 1. The summed E-state index contributed by atoms with van der Waals surface area (Å²) in [6.45, 7) is 1.64. The van der Waals surface area contributed by atoms with E-state index in [0.29, 0.717) is 11.3 Å². The zero-order chi connectivity index (χ0) is 13.0. The fraction of sp³-hybridized carbons (Fsp3) is 0.444. The van der Waals surface area contributed by atoms with Crippen molar-refractivity contribution >= 4 is 22.3 Å². The summed E-state index contributed by atoms with van der Waals surface area (Å²) in [5.41, 5.74) is 0. The van der Waals surface area contributed by atoms with Gasteiger partial charge in [0.15, 0.2) is 6.10 Å². The number of hydrogen-bond donors (Lipinski definition) is 2. The second kappa shape index (κ2) is 5.71. The lowest BCUT2D eigenvalue weighted by molar-refractivity contribution is -0.380. The molecule has 0 spiro atoms. The van der Waals surface area contributed by atoms with Gasteiger partial charge in [-0.1, -0.05) is 11.3 Å². The zero-order valence-corrected chi connectivity index (χ0v) is 9.72. The molecule has 2 atom stereocenters. The number of carbonyl (C=O) groups is 1. The lowest BCUT2D eigenvalue weighted by Crippen LogP contribution is -2.29. The van der Waals surface area contributed by atoms with E-state index in [0.717, 1.165) is 0 Å². The number of aliphatic hydroxyl groups excluding tert-OH is 2. The van der Waals surface area contributed by atoms with Crippen LogP contribution in [0.25, 0.3) is 0 Å². The van der Waals surface area contributed by atoms with Crippen molar-refractivity contribution in [1.82, 2.24) is 0 Å². The Morgan fingerprint density at radius 1 is 1.59 bits per heavy atom. The molecule has 17 heavy (non-hydrogen) atoms. The molecule has 0 unspecified atom stereocenters. The van der Waals surface area contributed by atoms with Crippen LogP contribution in [0.1, 0.15) is 17.9 Å². The SMILES string of the molecule is CCOC(=O)[C@H](O)[C@@H](O)c1ccc([N+](=O)[O-])s1. The van der Waals surface area contributed by atoms with Crippen molar-refractivity contribution in [2.75, 3.05) is 6.61 Å². The summed E-state index contributed by atoms with van der Waals surface area (Å²) in [5.74, 6) is -0.962. The van der Waals surface area contributed by atoms with Crippen LogP contribution in [0.4, 0.5) is 5.00 Å². The molecule has 0 saturated heterocycles. The highest BCUT2D eigenvalue weighted by atomic mass is 32.1. The van der Waals surface area contributed by atoms with Gasteiger partial charge < -0.3 is 14.9 Å². The van der Waals surface area contributed by atoms with Gasteiger partial charge in [-0.2, -0.15) is 0 Å². The molecule has 0 amide bonds. The molecule has 0 aliphatic heterocycles. The first kappa shape index (κ1) is 13.6.